The second-order valence-electron chi connectivity index (χ2n) is 4.89. The van der Waals surface area contributed by atoms with Crippen LogP contribution in [0.2, 0.25) is 0 Å². The molecule has 0 spiro atoms. The summed E-state index contributed by atoms with van der Waals surface area (Å²) in [4.78, 5) is 0.441. The largest absolute Gasteiger partial charge is 0.207 e. The number of hydrogen-bond acceptors (Lipinski definition) is 0. The summed E-state index contributed by atoms with van der Waals surface area (Å²) < 4.78 is 13.3. The fourth-order valence-corrected chi connectivity index (χ4v) is 2.76. The molecule has 0 bridgehead atoms. The van der Waals surface area contributed by atoms with Gasteiger partial charge in [-0.3, -0.25) is 0 Å². The molecule has 0 aliphatic rings. The van der Waals surface area contributed by atoms with Gasteiger partial charge < -0.3 is 0 Å². The Labute approximate surface area is 100 Å². The SMILES string of the molecule is Cc1cc(F)cc(C(C)(C)CC(C)Br)c1. The summed E-state index contributed by atoms with van der Waals surface area (Å²) in [6.45, 7) is 8.35. The van der Waals surface area contributed by atoms with E-state index in [-0.39, 0.29) is 11.2 Å². The standard InChI is InChI=1S/C13H18BrF/c1-9-5-11(7-12(15)6-9)13(3,4)8-10(2)14/h5-7,10H,8H2,1-4H3. The maximum atomic E-state index is 13.3. The van der Waals surface area contributed by atoms with Crippen LogP contribution in [-0.4, -0.2) is 4.83 Å². The van der Waals surface area contributed by atoms with Crippen LogP contribution in [0.5, 0.6) is 0 Å². The Kier molecular flexibility index (Phi) is 3.93. The molecule has 2 heteroatoms. The van der Waals surface area contributed by atoms with Crippen LogP contribution < -0.4 is 0 Å². The minimum atomic E-state index is -0.139. The van der Waals surface area contributed by atoms with E-state index in [1.54, 1.807) is 12.1 Å². The fraction of sp³-hybridized carbons (Fsp3) is 0.538. The Morgan fingerprint density at radius 1 is 1.33 bits per heavy atom. The lowest BCUT2D eigenvalue weighted by molar-refractivity contribution is 0.477. The molecule has 0 saturated carbocycles. The van der Waals surface area contributed by atoms with Crippen LogP contribution in [0.25, 0.3) is 0 Å². The molecule has 1 rings (SSSR count). The van der Waals surface area contributed by atoms with Crippen molar-refractivity contribution in [3.05, 3.63) is 35.1 Å². The molecule has 0 radical (unpaired) electrons. The topological polar surface area (TPSA) is 0 Å². The maximum Gasteiger partial charge on any atom is 0.123 e. The number of alkyl halides is 1. The molecule has 15 heavy (non-hydrogen) atoms. The first kappa shape index (κ1) is 12.7. The monoisotopic (exact) mass is 272 g/mol. The van der Waals surface area contributed by atoms with Crippen molar-refractivity contribution in [2.75, 3.05) is 0 Å². The average Bonchev–Trinajstić information content (AvgIpc) is 1.99. The third-order valence-corrected chi connectivity index (χ3v) is 2.94. The maximum absolute atomic E-state index is 13.3. The van der Waals surface area contributed by atoms with Crippen molar-refractivity contribution in [3.8, 4) is 0 Å². The molecule has 0 nitrogen and oxygen atoms in total. The summed E-state index contributed by atoms with van der Waals surface area (Å²) in [5.41, 5.74) is 2.07. The lowest BCUT2D eigenvalue weighted by Crippen LogP contribution is -2.21. The van der Waals surface area contributed by atoms with Crippen molar-refractivity contribution in [3.63, 3.8) is 0 Å². The van der Waals surface area contributed by atoms with Gasteiger partial charge in [-0.1, -0.05) is 42.8 Å². The summed E-state index contributed by atoms with van der Waals surface area (Å²) in [5.74, 6) is -0.139. The Morgan fingerprint density at radius 3 is 2.40 bits per heavy atom. The molecule has 0 N–H and O–H groups in total. The smallest absolute Gasteiger partial charge is 0.123 e. The number of halogens is 2. The van der Waals surface area contributed by atoms with Crippen molar-refractivity contribution in [2.24, 2.45) is 0 Å². The molecule has 0 aliphatic carbocycles. The molecule has 84 valence electrons. The van der Waals surface area contributed by atoms with E-state index in [0.29, 0.717) is 4.83 Å². The highest BCUT2D eigenvalue weighted by molar-refractivity contribution is 9.09. The fourth-order valence-electron chi connectivity index (χ4n) is 1.95. The molecule has 0 saturated heterocycles. The van der Waals surface area contributed by atoms with Crippen molar-refractivity contribution in [2.45, 2.75) is 44.4 Å². The third kappa shape index (κ3) is 3.60. The molecule has 1 aromatic rings. The highest BCUT2D eigenvalue weighted by Gasteiger charge is 2.23. The number of benzene rings is 1. The van der Waals surface area contributed by atoms with Gasteiger partial charge in [-0.25, -0.2) is 4.39 Å². The Balaban J connectivity index is 3.03. The molecular weight excluding hydrogens is 255 g/mol. The Bertz CT molecular complexity index is 322. The molecule has 0 aromatic heterocycles. The summed E-state index contributed by atoms with van der Waals surface area (Å²) in [7, 11) is 0. The van der Waals surface area contributed by atoms with E-state index in [2.05, 4.69) is 42.8 Å². The highest BCUT2D eigenvalue weighted by Crippen LogP contribution is 2.31. The van der Waals surface area contributed by atoms with Gasteiger partial charge in [0.1, 0.15) is 5.82 Å². The van der Waals surface area contributed by atoms with Crippen LogP contribution in [-0.2, 0) is 5.41 Å². The quantitative estimate of drug-likeness (QED) is 0.707. The summed E-state index contributed by atoms with van der Waals surface area (Å²) in [5, 5.41) is 0. The van der Waals surface area contributed by atoms with Gasteiger partial charge in [-0.15, -0.1) is 0 Å². The predicted molar refractivity (Wildman–Crippen MR) is 67.2 cm³/mol. The molecule has 0 amide bonds. The molecule has 1 atom stereocenters. The van der Waals surface area contributed by atoms with E-state index in [0.717, 1.165) is 17.5 Å². The minimum Gasteiger partial charge on any atom is -0.207 e. The molecule has 0 fully saturated rings. The average molecular weight is 273 g/mol. The third-order valence-electron chi connectivity index (χ3n) is 2.62. The molecule has 0 aliphatic heterocycles. The van der Waals surface area contributed by atoms with E-state index in [9.17, 15) is 4.39 Å². The second kappa shape index (κ2) is 4.65. The Morgan fingerprint density at radius 2 is 1.93 bits per heavy atom. The zero-order valence-electron chi connectivity index (χ0n) is 9.77. The Hall–Kier alpha value is -0.370. The van der Waals surface area contributed by atoms with Gasteiger partial charge in [-0.05, 0) is 42.0 Å². The number of aryl methyl sites for hydroxylation is 1. The highest BCUT2D eigenvalue weighted by atomic mass is 79.9. The zero-order valence-corrected chi connectivity index (χ0v) is 11.4. The van der Waals surface area contributed by atoms with E-state index in [1.165, 1.54) is 0 Å². The van der Waals surface area contributed by atoms with Gasteiger partial charge in [0, 0.05) is 4.83 Å². The van der Waals surface area contributed by atoms with Gasteiger partial charge in [0.15, 0.2) is 0 Å². The normalized spacial score (nSPS) is 14.0. The lowest BCUT2D eigenvalue weighted by atomic mass is 9.80. The first-order valence-corrected chi connectivity index (χ1v) is 6.14. The van der Waals surface area contributed by atoms with Gasteiger partial charge >= 0.3 is 0 Å². The molecular formula is C13H18BrF. The first-order chi connectivity index (χ1) is 6.81. The van der Waals surface area contributed by atoms with Crippen LogP contribution in [0.1, 0.15) is 38.3 Å². The number of hydrogen-bond donors (Lipinski definition) is 0. The summed E-state index contributed by atoms with van der Waals surface area (Å²) >= 11 is 3.55. The van der Waals surface area contributed by atoms with Gasteiger partial charge in [0.05, 0.1) is 0 Å². The molecule has 1 aromatic carbocycles. The van der Waals surface area contributed by atoms with Crippen molar-refractivity contribution >= 4 is 15.9 Å². The van der Waals surface area contributed by atoms with E-state index < -0.39 is 0 Å². The zero-order chi connectivity index (χ0) is 11.6. The molecule has 0 heterocycles. The molecule has 1 unspecified atom stereocenters. The van der Waals surface area contributed by atoms with Crippen molar-refractivity contribution in [1.29, 1.82) is 0 Å². The first-order valence-electron chi connectivity index (χ1n) is 5.23. The van der Waals surface area contributed by atoms with E-state index >= 15 is 0 Å². The summed E-state index contributed by atoms with van der Waals surface area (Å²) in [6, 6.07) is 5.28. The summed E-state index contributed by atoms with van der Waals surface area (Å²) in [6.07, 6.45) is 0.996. The van der Waals surface area contributed by atoms with E-state index in [1.807, 2.05) is 6.92 Å². The van der Waals surface area contributed by atoms with Gasteiger partial charge in [0.25, 0.3) is 0 Å². The van der Waals surface area contributed by atoms with Crippen molar-refractivity contribution in [1.82, 2.24) is 0 Å². The van der Waals surface area contributed by atoms with Gasteiger partial charge in [0.2, 0.25) is 0 Å². The second-order valence-corrected chi connectivity index (χ2v) is 6.45. The minimum absolute atomic E-state index is 0.00970. The van der Waals surface area contributed by atoms with Crippen LogP contribution in [0, 0.1) is 12.7 Å². The van der Waals surface area contributed by atoms with Crippen LogP contribution >= 0.6 is 15.9 Å². The van der Waals surface area contributed by atoms with Crippen LogP contribution in [0.15, 0.2) is 18.2 Å². The number of rotatable bonds is 3. The lowest BCUT2D eigenvalue weighted by Gasteiger charge is -2.27. The predicted octanol–water partition coefficient (Wildman–Crippen LogP) is 4.59. The van der Waals surface area contributed by atoms with E-state index in [4.69, 9.17) is 0 Å². The van der Waals surface area contributed by atoms with Crippen LogP contribution in [0.3, 0.4) is 0 Å². The van der Waals surface area contributed by atoms with Crippen molar-refractivity contribution < 1.29 is 4.39 Å². The van der Waals surface area contributed by atoms with Crippen LogP contribution in [0.4, 0.5) is 4.39 Å². The van der Waals surface area contributed by atoms with Gasteiger partial charge in [-0.2, -0.15) is 0 Å².